The van der Waals surface area contributed by atoms with E-state index < -0.39 is 0 Å². The highest BCUT2D eigenvalue weighted by molar-refractivity contribution is 5.28. The lowest BCUT2D eigenvalue weighted by molar-refractivity contribution is 0.593. The second-order valence-electron chi connectivity index (χ2n) is 4.06. The van der Waals surface area contributed by atoms with Gasteiger partial charge in [0, 0.05) is 0 Å². The molecule has 0 amide bonds. The van der Waals surface area contributed by atoms with Gasteiger partial charge in [0.25, 0.3) is 0 Å². The Morgan fingerprint density at radius 2 is 2.17 bits per heavy atom. The van der Waals surface area contributed by atoms with E-state index >= 15 is 0 Å². The van der Waals surface area contributed by atoms with Crippen molar-refractivity contribution in [3.63, 3.8) is 0 Å². The molecule has 0 aliphatic rings. The molecule has 0 fully saturated rings. The second kappa shape index (κ2) is 6.12. The lowest BCUT2D eigenvalue weighted by atomic mass is 10.2. The number of hydrogen-bond acceptors (Lipinski definition) is 3. The molecule has 4 nitrogen and oxygen atoms in total. The molecule has 0 aliphatic heterocycles. The summed E-state index contributed by atoms with van der Waals surface area (Å²) in [4.78, 5) is 1.64. The Balaban J connectivity index is 2.16. The third-order valence-electron chi connectivity index (χ3n) is 2.67. The Morgan fingerprint density at radius 1 is 1.39 bits per heavy atom. The second-order valence-corrected chi connectivity index (χ2v) is 4.06. The maximum absolute atomic E-state index is 4.48. The number of benzene rings is 1. The van der Waals surface area contributed by atoms with E-state index in [-0.39, 0.29) is 6.04 Å². The van der Waals surface area contributed by atoms with E-state index in [1.807, 2.05) is 36.4 Å². The molecule has 18 heavy (non-hydrogen) atoms. The minimum Gasteiger partial charge on any atom is -0.305 e. The number of nitrogens with zero attached hydrogens (tertiary/aromatic N) is 3. The van der Waals surface area contributed by atoms with Crippen molar-refractivity contribution in [2.75, 3.05) is 6.54 Å². The molecule has 1 aromatic carbocycles. The fourth-order valence-electron chi connectivity index (χ4n) is 1.71. The summed E-state index contributed by atoms with van der Waals surface area (Å²) in [5.74, 6) is 0. The van der Waals surface area contributed by atoms with Crippen molar-refractivity contribution in [1.82, 2.24) is 20.3 Å². The first-order valence-corrected chi connectivity index (χ1v) is 6.18. The van der Waals surface area contributed by atoms with Crippen LogP contribution in [-0.4, -0.2) is 21.5 Å². The highest BCUT2D eigenvalue weighted by Crippen LogP contribution is 2.12. The van der Waals surface area contributed by atoms with Gasteiger partial charge in [-0.1, -0.05) is 31.2 Å². The van der Waals surface area contributed by atoms with Crippen molar-refractivity contribution < 1.29 is 0 Å². The summed E-state index contributed by atoms with van der Waals surface area (Å²) in [7, 11) is 0. The summed E-state index contributed by atoms with van der Waals surface area (Å²) in [5, 5.41) is 12.1. The SMILES string of the molecule is C=CC(NCCC)c1cnn(-c2ccccc2)n1. The molecule has 1 aromatic heterocycles. The lowest BCUT2D eigenvalue weighted by Crippen LogP contribution is -2.20. The van der Waals surface area contributed by atoms with Gasteiger partial charge in [-0.2, -0.15) is 15.0 Å². The first kappa shape index (κ1) is 12.5. The summed E-state index contributed by atoms with van der Waals surface area (Å²) in [6.07, 6.45) is 4.72. The number of aromatic nitrogens is 3. The van der Waals surface area contributed by atoms with Crippen LogP contribution in [0.2, 0.25) is 0 Å². The predicted octanol–water partition coefficient (Wildman–Crippen LogP) is 2.49. The van der Waals surface area contributed by atoms with Crippen molar-refractivity contribution in [1.29, 1.82) is 0 Å². The maximum atomic E-state index is 4.48. The zero-order valence-electron chi connectivity index (χ0n) is 10.6. The third-order valence-corrected chi connectivity index (χ3v) is 2.67. The van der Waals surface area contributed by atoms with Gasteiger partial charge in [0.05, 0.1) is 17.9 Å². The largest absolute Gasteiger partial charge is 0.305 e. The minimum absolute atomic E-state index is 0.0578. The van der Waals surface area contributed by atoms with E-state index in [0.29, 0.717) is 0 Å². The molecule has 0 aliphatic carbocycles. The standard InChI is InChI=1S/C14H18N4/c1-3-10-15-13(4-2)14-11-16-18(17-14)12-8-6-5-7-9-12/h4-9,11,13,15H,2-3,10H2,1H3. The summed E-state index contributed by atoms with van der Waals surface area (Å²) in [5.41, 5.74) is 1.85. The highest BCUT2D eigenvalue weighted by atomic mass is 15.5. The molecule has 94 valence electrons. The monoisotopic (exact) mass is 242 g/mol. The van der Waals surface area contributed by atoms with Crippen molar-refractivity contribution in [3.8, 4) is 5.69 Å². The van der Waals surface area contributed by atoms with Crippen LogP contribution >= 0.6 is 0 Å². The van der Waals surface area contributed by atoms with Crippen LogP contribution < -0.4 is 5.32 Å². The quantitative estimate of drug-likeness (QED) is 0.791. The van der Waals surface area contributed by atoms with Crippen LogP contribution in [0.15, 0.2) is 49.2 Å². The Bertz CT molecular complexity index is 490. The smallest absolute Gasteiger partial charge is 0.104 e. The summed E-state index contributed by atoms with van der Waals surface area (Å²) in [6, 6.07) is 9.93. The first-order chi connectivity index (χ1) is 8.85. The third kappa shape index (κ3) is 2.84. The van der Waals surface area contributed by atoms with E-state index in [4.69, 9.17) is 0 Å². The van der Waals surface area contributed by atoms with Crippen LogP contribution in [-0.2, 0) is 0 Å². The summed E-state index contributed by atoms with van der Waals surface area (Å²) >= 11 is 0. The number of rotatable bonds is 6. The van der Waals surface area contributed by atoms with E-state index in [1.54, 1.807) is 11.0 Å². The fraction of sp³-hybridized carbons (Fsp3) is 0.286. The molecule has 1 atom stereocenters. The maximum Gasteiger partial charge on any atom is 0.104 e. The number of para-hydroxylation sites is 1. The molecule has 1 unspecified atom stereocenters. The van der Waals surface area contributed by atoms with Crippen LogP contribution in [0.5, 0.6) is 0 Å². The van der Waals surface area contributed by atoms with Gasteiger partial charge in [-0.3, -0.25) is 0 Å². The van der Waals surface area contributed by atoms with Crippen molar-refractivity contribution in [2.24, 2.45) is 0 Å². The van der Waals surface area contributed by atoms with Gasteiger partial charge in [0.2, 0.25) is 0 Å². The average molecular weight is 242 g/mol. The van der Waals surface area contributed by atoms with E-state index in [0.717, 1.165) is 24.3 Å². The molecule has 0 bridgehead atoms. The lowest BCUT2D eigenvalue weighted by Gasteiger charge is -2.10. The topological polar surface area (TPSA) is 42.7 Å². The van der Waals surface area contributed by atoms with E-state index in [1.165, 1.54) is 0 Å². The number of hydrogen-bond donors (Lipinski definition) is 1. The van der Waals surface area contributed by atoms with Crippen LogP contribution in [0.4, 0.5) is 0 Å². The first-order valence-electron chi connectivity index (χ1n) is 6.18. The Morgan fingerprint density at radius 3 is 2.83 bits per heavy atom. The minimum atomic E-state index is 0.0578. The van der Waals surface area contributed by atoms with Gasteiger partial charge in [0.1, 0.15) is 5.69 Å². The number of nitrogens with one attached hydrogen (secondary N) is 1. The van der Waals surface area contributed by atoms with Gasteiger partial charge < -0.3 is 5.32 Å². The van der Waals surface area contributed by atoms with Crippen LogP contribution in [0.25, 0.3) is 5.69 Å². The average Bonchev–Trinajstić information content (AvgIpc) is 2.90. The van der Waals surface area contributed by atoms with Crippen LogP contribution in [0.3, 0.4) is 0 Å². The normalized spacial score (nSPS) is 12.3. The van der Waals surface area contributed by atoms with Gasteiger partial charge >= 0.3 is 0 Å². The predicted molar refractivity (Wildman–Crippen MR) is 72.6 cm³/mol. The van der Waals surface area contributed by atoms with Gasteiger partial charge in [-0.15, -0.1) is 6.58 Å². The molecular formula is C14H18N4. The van der Waals surface area contributed by atoms with Gasteiger partial charge in [-0.25, -0.2) is 0 Å². The molecule has 0 saturated heterocycles. The molecule has 0 radical (unpaired) electrons. The van der Waals surface area contributed by atoms with E-state index in [9.17, 15) is 0 Å². The molecule has 4 heteroatoms. The molecule has 1 heterocycles. The Labute approximate surface area is 107 Å². The van der Waals surface area contributed by atoms with E-state index in [2.05, 4.69) is 29.0 Å². The van der Waals surface area contributed by atoms with Crippen molar-refractivity contribution >= 4 is 0 Å². The van der Waals surface area contributed by atoms with Crippen LogP contribution in [0.1, 0.15) is 25.1 Å². The molecular weight excluding hydrogens is 224 g/mol. The Kier molecular flexibility index (Phi) is 4.25. The Hall–Kier alpha value is -1.94. The van der Waals surface area contributed by atoms with Gasteiger partial charge in [0.15, 0.2) is 0 Å². The van der Waals surface area contributed by atoms with Gasteiger partial charge in [-0.05, 0) is 25.1 Å². The summed E-state index contributed by atoms with van der Waals surface area (Å²) < 4.78 is 0. The molecule has 2 rings (SSSR count). The molecule has 0 saturated carbocycles. The van der Waals surface area contributed by atoms with Crippen LogP contribution in [0, 0.1) is 0 Å². The molecule has 0 spiro atoms. The van der Waals surface area contributed by atoms with Crippen molar-refractivity contribution in [3.05, 3.63) is 54.9 Å². The zero-order chi connectivity index (χ0) is 12.8. The molecule has 1 N–H and O–H groups in total. The van der Waals surface area contributed by atoms with Crippen molar-refractivity contribution in [2.45, 2.75) is 19.4 Å². The zero-order valence-corrected chi connectivity index (χ0v) is 10.6. The fourth-order valence-corrected chi connectivity index (χ4v) is 1.71. The summed E-state index contributed by atoms with van der Waals surface area (Å²) in [6.45, 7) is 6.91. The highest BCUT2D eigenvalue weighted by Gasteiger charge is 2.11. The molecule has 2 aromatic rings.